The Morgan fingerprint density at radius 2 is 1.83 bits per heavy atom. The van der Waals surface area contributed by atoms with Crippen molar-refractivity contribution in [2.24, 2.45) is 0 Å². The second-order valence-electron chi connectivity index (χ2n) is 7.68. The molecular formula is C22H23ClN4OS. The molecule has 0 unspecified atom stereocenters. The molecule has 0 bridgehead atoms. The van der Waals surface area contributed by atoms with E-state index in [4.69, 9.17) is 16.3 Å². The number of nitriles is 1. The van der Waals surface area contributed by atoms with Crippen LogP contribution in [0.3, 0.4) is 0 Å². The van der Waals surface area contributed by atoms with Crippen molar-refractivity contribution >= 4 is 23.4 Å². The number of nitrogens with zero attached hydrogens (tertiary/aromatic N) is 4. The van der Waals surface area contributed by atoms with Gasteiger partial charge in [0, 0.05) is 5.56 Å². The van der Waals surface area contributed by atoms with Crippen LogP contribution in [-0.4, -0.2) is 27.1 Å². The topological polar surface area (TPSA) is 63.7 Å². The molecular weight excluding hydrogens is 404 g/mol. The first-order valence-corrected chi connectivity index (χ1v) is 10.5. The molecule has 0 aliphatic heterocycles. The Hall–Kier alpha value is -2.49. The first-order valence-electron chi connectivity index (χ1n) is 9.21. The number of ether oxygens (including phenoxy) is 1. The van der Waals surface area contributed by atoms with Crippen LogP contribution in [0.2, 0.25) is 5.02 Å². The van der Waals surface area contributed by atoms with Crippen molar-refractivity contribution in [3.8, 4) is 28.9 Å². The van der Waals surface area contributed by atoms with Crippen LogP contribution in [0.25, 0.3) is 17.1 Å². The van der Waals surface area contributed by atoms with Crippen molar-refractivity contribution in [1.82, 2.24) is 14.8 Å². The summed E-state index contributed by atoms with van der Waals surface area (Å²) in [4.78, 5) is 0. The van der Waals surface area contributed by atoms with Gasteiger partial charge in [0.15, 0.2) is 11.0 Å². The molecule has 29 heavy (non-hydrogen) atoms. The fourth-order valence-electron chi connectivity index (χ4n) is 2.86. The monoisotopic (exact) mass is 426 g/mol. The van der Waals surface area contributed by atoms with Gasteiger partial charge in [0.1, 0.15) is 5.75 Å². The summed E-state index contributed by atoms with van der Waals surface area (Å²) < 4.78 is 7.20. The molecule has 3 aromatic rings. The minimum atomic E-state index is -0.261. The Morgan fingerprint density at radius 1 is 1.14 bits per heavy atom. The Kier molecular flexibility index (Phi) is 6.21. The third-order valence-corrected chi connectivity index (χ3v) is 5.73. The van der Waals surface area contributed by atoms with Gasteiger partial charge in [-0.2, -0.15) is 5.26 Å². The molecule has 0 amide bonds. The van der Waals surface area contributed by atoms with E-state index in [-0.39, 0.29) is 10.7 Å². The molecule has 0 saturated heterocycles. The Bertz CT molecular complexity index is 1050. The first-order chi connectivity index (χ1) is 13.7. The number of hydrogen-bond acceptors (Lipinski definition) is 5. The normalized spacial score (nSPS) is 12.4. The number of aromatic nitrogens is 3. The van der Waals surface area contributed by atoms with Crippen molar-refractivity contribution in [2.75, 3.05) is 7.11 Å². The number of halogens is 1. The van der Waals surface area contributed by atoms with E-state index >= 15 is 0 Å². The van der Waals surface area contributed by atoms with Gasteiger partial charge in [-0.05, 0) is 36.1 Å². The molecule has 1 heterocycles. The van der Waals surface area contributed by atoms with E-state index in [0.29, 0.717) is 21.8 Å². The van der Waals surface area contributed by atoms with Gasteiger partial charge in [0.05, 0.1) is 29.1 Å². The number of thioether (sulfide) groups is 1. The van der Waals surface area contributed by atoms with Crippen molar-refractivity contribution in [3.05, 3.63) is 53.1 Å². The summed E-state index contributed by atoms with van der Waals surface area (Å²) in [5, 5.41) is 18.9. The molecule has 0 spiro atoms. The smallest absolute Gasteiger partial charge is 0.197 e. The zero-order chi connectivity index (χ0) is 21.2. The van der Waals surface area contributed by atoms with Crippen LogP contribution in [0, 0.1) is 11.3 Å². The highest BCUT2D eigenvalue weighted by molar-refractivity contribution is 8.00. The average molecular weight is 427 g/mol. The van der Waals surface area contributed by atoms with E-state index < -0.39 is 0 Å². The Morgan fingerprint density at radius 3 is 2.38 bits per heavy atom. The Labute approximate surface area is 180 Å². The lowest BCUT2D eigenvalue weighted by atomic mass is 9.87. The van der Waals surface area contributed by atoms with Crippen molar-refractivity contribution in [2.45, 2.75) is 43.5 Å². The molecule has 150 valence electrons. The van der Waals surface area contributed by atoms with Gasteiger partial charge in [-0.15, -0.1) is 10.2 Å². The van der Waals surface area contributed by atoms with Gasteiger partial charge in [0.25, 0.3) is 0 Å². The van der Waals surface area contributed by atoms with Crippen molar-refractivity contribution in [1.29, 1.82) is 5.26 Å². The quantitative estimate of drug-likeness (QED) is 0.475. The highest BCUT2D eigenvalue weighted by Gasteiger charge is 2.20. The molecule has 0 aliphatic rings. The summed E-state index contributed by atoms with van der Waals surface area (Å²) in [7, 11) is 1.58. The second-order valence-corrected chi connectivity index (χ2v) is 9.39. The van der Waals surface area contributed by atoms with E-state index in [0.717, 1.165) is 11.3 Å². The second kappa shape index (κ2) is 8.48. The van der Waals surface area contributed by atoms with Crippen LogP contribution >= 0.6 is 23.4 Å². The maximum atomic E-state index is 9.23. The number of hydrogen-bond donors (Lipinski definition) is 0. The lowest BCUT2D eigenvalue weighted by molar-refractivity contribution is 0.415. The molecule has 3 rings (SSSR count). The van der Waals surface area contributed by atoms with Gasteiger partial charge in [0.2, 0.25) is 0 Å². The summed E-state index contributed by atoms with van der Waals surface area (Å²) in [6, 6.07) is 16.1. The Balaban J connectivity index is 2.13. The predicted octanol–water partition coefficient (Wildman–Crippen LogP) is 5.90. The highest BCUT2D eigenvalue weighted by atomic mass is 35.5. The van der Waals surface area contributed by atoms with Gasteiger partial charge in [-0.3, -0.25) is 4.57 Å². The molecule has 0 aliphatic carbocycles. The summed E-state index contributed by atoms with van der Waals surface area (Å²) in [6.45, 7) is 8.38. The minimum Gasteiger partial charge on any atom is -0.495 e. The van der Waals surface area contributed by atoms with E-state index in [1.807, 2.05) is 41.8 Å². The number of methoxy groups -OCH3 is 1. The maximum Gasteiger partial charge on any atom is 0.197 e. The summed E-state index contributed by atoms with van der Waals surface area (Å²) in [5.74, 6) is 1.29. The summed E-state index contributed by atoms with van der Waals surface area (Å²) in [5.41, 5.74) is 3.06. The average Bonchev–Trinajstić information content (AvgIpc) is 3.10. The molecule has 0 N–H and O–H groups in total. The van der Waals surface area contributed by atoms with Crippen LogP contribution in [0.4, 0.5) is 0 Å². The standard InChI is InChI=1S/C22H23ClN4OS/c1-14(13-24)29-21-26-25-20(15-6-8-16(9-7-15)22(2,3)4)27(21)17-10-11-19(28-5)18(23)12-17/h6-12,14H,1-5H3/t14-/m0/s1. The van der Waals surface area contributed by atoms with Gasteiger partial charge in [-0.1, -0.05) is 68.4 Å². The van der Waals surface area contributed by atoms with Crippen LogP contribution in [0.5, 0.6) is 5.75 Å². The predicted molar refractivity (Wildman–Crippen MR) is 118 cm³/mol. The lowest BCUT2D eigenvalue weighted by Crippen LogP contribution is -2.10. The zero-order valence-electron chi connectivity index (χ0n) is 17.1. The molecule has 1 aromatic heterocycles. The van der Waals surface area contributed by atoms with Crippen molar-refractivity contribution in [3.63, 3.8) is 0 Å². The molecule has 0 radical (unpaired) electrons. The van der Waals surface area contributed by atoms with E-state index in [1.165, 1.54) is 17.3 Å². The fourth-order valence-corrected chi connectivity index (χ4v) is 3.87. The van der Waals surface area contributed by atoms with Crippen LogP contribution in [-0.2, 0) is 5.41 Å². The van der Waals surface area contributed by atoms with Crippen LogP contribution < -0.4 is 4.74 Å². The van der Waals surface area contributed by atoms with Gasteiger partial charge >= 0.3 is 0 Å². The molecule has 0 fully saturated rings. The summed E-state index contributed by atoms with van der Waals surface area (Å²) >= 11 is 7.72. The van der Waals surface area contributed by atoms with Crippen LogP contribution in [0.15, 0.2) is 47.6 Å². The molecule has 1 atom stereocenters. The van der Waals surface area contributed by atoms with Gasteiger partial charge < -0.3 is 4.74 Å². The SMILES string of the molecule is COc1ccc(-n2c(S[C@@H](C)C#N)nnc2-c2ccc(C(C)(C)C)cc2)cc1Cl. The molecule has 5 nitrogen and oxygen atoms in total. The van der Waals surface area contributed by atoms with E-state index in [2.05, 4.69) is 49.2 Å². The minimum absolute atomic E-state index is 0.0684. The van der Waals surface area contributed by atoms with Crippen LogP contribution in [0.1, 0.15) is 33.3 Å². The fraction of sp³-hybridized carbons (Fsp3) is 0.318. The third-order valence-electron chi connectivity index (χ3n) is 4.50. The largest absolute Gasteiger partial charge is 0.495 e. The molecule has 7 heteroatoms. The molecule has 2 aromatic carbocycles. The third kappa shape index (κ3) is 4.58. The van der Waals surface area contributed by atoms with E-state index in [1.54, 1.807) is 7.11 Å². The lowest BCUT2D eigenvalue weighted by Gasteiger charge is -2.19. The maximum absolute atomic E-state index is 9.23. The van der Waals surface area contributed by atoms with E-state index in [9.17, 15) is 5.26 Å². The number of benzene rings is 2. The van der Waals surface area contributed by atoms with Crippen molar-refractivity contribution < 1.29 is 4.74 Å². The zero-order valence-corrected chi connectivity index (χ0v) is 18.7. The first kappa shape index (κ1) is 21.2. The molecule has 0 saturated carbocycles. The number of rotatable bonds is 5. The summed E-state index contributed by atoms with van der Waals surface area (Å²) in [6.07, 6.45) is 0. The van der Waals surface area contributed by atoms with Gasteiger partial charge in [-0.25, -0.2) is 0 Å². The highest BCUT2D eigenvalue weighted by Crippen LogP contribution is 2.34.